The largest absolute Gasteiger partial charge is 0.356 e. The summed E-state index contributed by atoms with van der Waals surface area (Å²) in [7, 11) is -2.83. The molecule has 142 valence electrons. The zero-order valence-electron chi connectivity index (χ0n) is 14.5. The van der Waals surface area contributed by atoms with Gasteiger partial charge in [-0.3, -0.25) is 0 Å². The average Bonchev–Trinajstić information content (AvgIpc) is 3.24. The van der Waals surface area contributed by atoms with E-state index in [0.717, 1.165) is 23.1 Å². The molecule has 1 saturated heterocycles. The standard InChI is InChI=1S/C16H26N4O2S2.HI/c1-12-10-23-15(19-12)9-18-16(20-14-4-2-3-5-14)17-8-13-6-7-24(21,22)11-13;/h10,13-14H,2-9,11H2,1H3,(H2,17,18,20);1H. The maximum Gasteiger partial charge on any atom is 0.191 e. The first-order chi connectivity index (χ1) is 11.5. The van der Waals surface area contributed by atoms with Gasteiger partial charge in [0.15, 0.2) is 15.8 Å². The second kappa shape index (κ2) is 9.50. The third kappa shape index (κ3) is 6.67. The van der Waals surface area contributed by atoms with E-state index in [-0.39, 0.29) is 29.9 Å². The fourth-order valence-electron chi connectivity index (χ4n) is 3.31. The summed E-state index contributed by atoms with van der Waals surface area (Å²) in [6, 6.07) is 0.474. The van der Waals surface area contributed by atoms with Crippen molar-refractivity contribution in [2.24, 2.45) is 10.9 Å². The minimum atomic E-state index is -2.83. The summed E-state index contributed by atoms with van der Waals surface area (Å²) >= 11 is 1.62. The number of aromatic nitrogens is 1. The molecule has 1 aliphatic carbocycles. The minimum Gasteiger partial charge on any atom is -0.356 e. The molecule has 0 spiro atoms. The van der Waals surface area contributed by atoms with Gasteiger partial charge in [0.25, 0.3) is 0 Å². The maximum atomic E-state index is 11.6. The van der Waals surface area contributed by atoms with E-state index in [1.165, 1.54) is 25.7 Å². The summed E-state index contributed by atoms with van der Waals surface area (Å²) in [6.07, 6.45) is 5.62. The van der Waals surface area contributed by atoms with Crippen molar-refractivity contribution in [2.45, 2.75) is 51.6 Å². The van der Waals surface area contributed by atoms with E-state index in [2.05, 4.69) is 20.6 Å². The Morgan fingerprint density at radius 1 is 1.36 bits per heavy atom. The Balaban J connectivity index is 0.00000225. The van der Waals surface area contributed by atoms with Gasteiger partial charge in [0.2, 0.25) is 0 Å². The van der Waals surface area contributed by atoms with Crippen LogP contribution in [-0.4, -0.2) is 43.5 Å². The second-order valence-electron chi connectivity index (χ2n) is 6.82. The highest BCUT2D eigenvalue weighted by atomic mass is 127. The molecule has 1 aromatic heterocycles. The number of guanidine groups is 1. The van der Waals surface area contributed by atoms with Gasteiger partial charge in [-0.05, 0) is 32.1 Å². The van der Waals surface area contributed by atoms with Crippen LogP contribution in [0.4, 0.5) is 0 Å². The van der Waals surface area contributed by atoms with Crippen molar-refractivity contribution in [1.29, 1.82) is 0 Å². The van der Waals surface area contributed by atoms with Crippen LogP contribution in [0.25, 0.3) is 0 Å². The Morgan fingerprint density at radius 2 is 2.12 bits per heavy atom. The smallest absolute Gasteiger partial charge is 0.191 e. The van der Waals surface area contributed by atoms with Gasteiger partial charge >= 0.3 is 0 Å². The Kier molecular flexibility index (Phi) is 7.93. The fourth-order valence-corrected chi connectivity index (χ4v) is 5.87. The lowest BCUT2D eigenvalue weighted by atomic mass is 10.1. The number of nitrogens with zero attached hydrogens (tertiary/aromatic N) is 2. The average molecular weight is 498 g/mol. The fraction of sp³-hybridized carbons (Fsp3) is 0.750. The van der Waals surface area contributed by atoms with E-state index in [4.69, 9.17) is 0 Å². The van der Waals surface area contributed by atoms with Gasteiger partial charge in [0, 0.05) is 23.7 Å². The summed E-state index contributed by atoms with van der Waals surface area (Å²) in [4.78, 5) is 9.11. The van der Waals surface area contributed by atoms with Crippen LogP contribution < -0.4 is 10.6 Å². The number of aliphatic imine (C=N–C) groups is 1. The molecule has 2 aliphatic rings. The van der Waals surface area contributed by atoms with Crippen LogP contribution in [0.1, 0.15) is 42.8 Å². The topological polar surface area (TPSA) is 83.5 Å². The van der Waals surface area contributed by atoms with Crippen LogP contribution in [0.15, 0.2) is 10.4 Å². The molecule has 0 radical (unpaired) electrons. The molecule has 1 saturated carbocycles. The van der Waals surface area contributed by atoms with Crippen molar-refractivity contribution in [3.63, 3.8) is 0 Å². The van der Waals surface area contributed by atoms with Crippen molar-refractivity contribution in [3.8, 4) is 0 Å². The second-order valence-corrected chi connectivity index (χ2v) is 9.99. The number of thiazole rings is 1. The van der Waals surface area contributed by atoms with Crippen LogP contribution in [0, 0.1) is 12.8 Å². The lowest BCUT2D eigenvalue weighted by Crippen LogP contribution is -2.44. The number of aryl methyl sites for hydroxylation is 1. The molecule has 25 heavy (non-hydrogen) atoms. The number of halogens is 1. The van der Waals surface area contributed by atoms with Crippen LogP contribution in [-0.2, 0) is 16.4 Å². The van der Waals surface area contributed by atoms with Crippen LogP contribution in [0.3, 0.4) is 0 Å². The van der Waals surface area contributed by atoms with Crippen LogP contribution >= 0.6 is 35.3 Å². The van der Waals surface area contributed by atoms with Gasteiger partial charge in [0.05, 0.1) is 18.1 Å². The third-order valence-electron chi connectivity index (χ3n) is 4.62. The molecule has 1 atom stereocenters. The van der Waals surface area contributed by atoms with Crippen molar-refractivity contribution in [1.82, 2.24) is 15.6 Å². The SMILES string of the molecule is Cc1csc(CN=C(NCC2CCS(=O)(=O)C2)NC2CCCC2)n1.I. The molecule has 0 aromatic carbocycles. The van der Waals surface area contributed by atoms with Gasteiger partial charge in [0.1, 0.15) is 5.01 Å². The van der Waals surface area contributed by atoms with Crippen molar-refractivity contribution < 1.29 is 8.42 Å². The predicted molar refractivity (Wildman–Crippen MR) is 114 cm³/mol. The van der Waals surface area contributed by atoms with E-state index in [1.807, 2.05) is 12.3 Å². The highest BCUT2D eigenvalue weighted by molar-refractivity contribution is 14.0. The molecule has 6 nitrogen and oxygen atoms in total. The van der Waals surface area contributed by atoms with Crippen molar-refractivity contribution in [2.75, 3.05) is 18.1 Å². The summed E-state index contributed by atoms with van der Waals surface area (Å²) in [5.74, 6) is 1.59. The lowest BCUT2D eigenvalue weighted by molar-refractivity contribution is 0.553. The highest BCUT2D eigenvalue weighted by Crippen LogP contribution is 2.19. The van der Waals surface area contributed by atoms with Crippen LogP contribution in [0.5, 0.6) is 0 Å². The summed E-state index contributed by atoms with van der Waals surface area (Å²) in [6.45, 7) is 3.21. The molecule has 1 unspecified atom stereocenters. The molecule has 1 aromatic rings. The number of rotatable bonds is 5. The van der Waals surface area contributed by atoms with Gasteiger partial charge in [-0.1, -0.05) is 12.8 Å². The first-order valence-corrected chi connectivity index (χ1v) is 11.4. The first-order valence-electron chi connectivity index (χ1n) is 8.66. The molecule has 2 fully saturated rings. The highest BCUT2D eigenvalue weighted by Gasteiger charge is 2.28. The zero-order chi connectivity index (χ0) is 17.0. The number of sulfone groups is 1. The predicted octanol–water partition coefficient (Wildman–Crippen LogP) is 2.48. The van der Waals surface area contributed by atoms with Crippen molar-refractivity contribution in [3.05, 3.63) is 16.1 Å². The van der Waals surface area contributed by atoms with Gasteiger partial charge in [-0.2, -0.15) is 0 Å². The van der Waals surface area contributed by atoms with E-state index >= 15 is 0 Å². The molecule has 0 bridgehead atoms. The maximum absolute atomic E-state index is 11.6. The molecule has 2 N–H and O–H groups in total. The van der Waals surface area contributed by atoms with E-state index in [1.54, 1.807) is 11.3 Å². The van der Waals surface area contributed by atoms with Crippen molar-refractivity contribution >= 4 is 51.1 Å². The Labute approximate surface area is 171 Å². The van der Waals surface area contributed by atoms with E-state index < -0.39 is 9.84 Å². The monoisotopic (exact) mass is 498 g/mol. The molecule has 9 heteroatoms. The lowest BCUT2D eigenvalue weighted by Gasteiger charge is -2.19. The van der Waals surface area contributed by atoms with Gasteiger partial charge in [-0.25, -0.2) is 18.4 Å². The van der Waals surface area contributed by atoms with Crippen LogP contribution in [0.2, 0.25) is 0 Å². The zero-order valence-corrected chi connectivity index (χ0v) is 18.5. The summed E-state index contributed by atoms with van der Waals surface area (Å²) in [5.41, 5.74) is 1.03. The molecule has 0 amide bonds. The Morgan fingerprint density at radius 3 is 2.72 bits per heavy atom. The Hall–Kier alpha value is -0.420. The quantitative estimate of drug-likeness (QED) is 0.370. The molecular formula is C16H27IN4O2S2. The molecule has 2 heterocycles. The first kappa shape index (κ1) is 20.9. The van der Waals surface area contributed by atoms with Gasteiger partial charge < -0.3 is 10.6 Å². The van der Waals surface area contributed by atoms with E-state index in [0.29, 0.717) is 30.6 Å². The minimum absolute atomic E-state index is 0. The molecular weight excluding hydrogens is 471 g/mol. The number of hydrogen-bond acceptors (Lipinski definition) is 5. The van der Waals surface area contributed by atoms with Gasteiger partial charge in [-0.15, -0.1) is 35.3 Å². The molecule has 3 rings (SSSR count). The Bertz CT molecular complexity index is 684. The third-order valence-corrected chi connectivity index (χ3v) is 7.41. The van der Waals surface area contributed by atoms with E-state index in [9.17, 15) is 8.42 Å². The number of nitrogens with one attached hydrogen (secondary N) is 2. The normalized spacial score (nSPS) is 23.4. The summed E-state index contributed by atoms with van der Waals surface area (Å²) in [5, 5.41) is 9.90. The number of hydrogen-bond donors (Lipinski definition) is 2. The molecule has 1 aliphatic heterocycles. The summed E-state index contributed by atoms with van der Waals surface area (Å²) < 4.78 is 23.2.